The quantitative estimate of drug-likeness (QED) is 0.121. The van der Waals surface area contributed by atoms with Crippen molar-refractivity contribution in [3.8, 4) is 62.6 Å². The number of fused-ring (bicyclic) bond motifs is 12. The first-order valence-corrected chi connectivity index (χ1v) is 37.7. The number of nitrogens with zero attached hydrogens (tertiary/aromatic N) is 10. The van der Waals surface area contributed by atoms with Gasteiger partial charge in [-0.15, -0.1) is 0 Å². The van der Waals surface area contributed by atoms with Crippen molar-refractivity contribution < 1.29 is 17.1 Å². The largest absolute Gasteiger partial charge is 1.00 e. The molecule has 110 heavy (non-hydrogen) atoms. The molecule has 21 rings (SSSR count). The van der Waals surface area contributed by atoms with E-state index in [1.165, 1.54) is 49.3 Å². The van der Waals surface area contributed by atoms with Crippen LogP contribution in [0, 0.1) is 18.4 Å². The molecule has 0 saturated heterocycles. The molecule has 528 valence electrons. The zero-order chi connectivity index (χ0) is 73.9. The van der Waals surface area contributed by atoms with E-state index >= 15 is 0 Å². The fraction of sp³-hybridized carbons (Fsp3) is 0. The number of aromatic amines is 1. The maximum absolute atomic E-state index is 7.57. The summed E-state index contributed by atoms with van der Waals surface area (Å²) < 4.78 is 14.7. The first-order chi connectivity index (χ1) is 53.8. The van der Waals surface area contributed by atoms with Crippen LogP contribution in [0.5, 0.6) is 0 Å². The van der Waals surface area contributed by atoms with E-state index in [9.17, 15) is 0 Å². The second-order valence-corrected chi connectivity index (χ2v) is 28.7. The summed E-state index contributed by atoms with van der Waals surface area (Å²) in [5.74, 6) is 2.78. The van der Waals surface area contributed by atoms with Gasteiger partial charge in [-0.3, -0.25) is 9.13 Å². The Morgan fingerprint density at radius 3 is 0.964 bits per heavy atom. The van der Waals surface area contributed by atoms with Crippen LogP contribution >= 0.6 is 47.8 Å². The third kappa shape index (κ3) is 13.7. The Hall–Kier alpha value is -13.0. The maximum Gasteiger partial charge on any atom is 1.00 e. The van der Waals surface area contributed by atoms with Crippen LogP contribution < -0.4 is 0 Å². The number of hydrogen-bond acceptors (Lipinski definition) is 4. The van der Waals surface area contributed by atoms with E-state index in [-0.39, 0.29) is 17.1 Å². The average Bonchev–Trinajstić information content (AvgIpc) is 1.59. The van der Waals surface area contributed by atoms with Crippen molar-refractivity contribution in [1.29, 1.82) is 5.26 Å². The Morgan fingerprint density at radius 1 is 0.273 bits per heavy atom. The molecular weight excluding hydrogens is 1600 g/mol. The molecule has 0 spiro atoms. The van der Waals surface area contributed by atoms with Crippen molar-refractivity contribution in [2.24, 2.45) is 0 Å². The smallest absolute Gasteiger partial charge is 0.512 e. The fourth-order valence-corrected chi connectivity index (χ4v) is 15.8. The number of rotatable bonds is 8. The number of imidazole rings is 3. The summed E-state index contributed by atoms with van der Waals surface area (Å²) in [6.07, 6.45) is 0. The number of benzene rings is 15. The van der Waals surface area contributed by atoms with Gasteiger partial charge in [0.2, 0.25) is 0 Å². The molecule has 1 N–H and O–H groups in total. The van der Waals surface area contributed by atoms with Crippen LogP contribution in [0.15, 0.2) is 377 Å². The van der Waals surface area contributed by atoms with E-state index in [1.807, 2.05) is 103 Å². The van der Waals surface area contributed by atoms with E-state index in [4.69, 9.17) is 28.4 Å². The van der Waals surface area contributed by atoms with Gasteiger partial charge >= 0.3 is 17.1 Å². The first-order valence-electron chi connectivity index (χ1n) is 35.3. The molecule has 21 aromatic rings. The van der Waals surface area contributed by atoms with Crippen molar-refractivity contribution in [3.05, 3.63) is 395 Å². The molecule has 0 aliphatic rings. The minimum absolute atomic E-state index is 0. The van der Waals surface area contributed by atoms with E-state index < -0.39 is 0 Å². The standard InChI is InChI=1S/C32H20N4.C31H20BrN3.C18H11Br2N.C13H10N2.CN.Cu/c1-33-23-16-18-29-26(20-23)27-21-25(17-19-30(27)35(29)24-12-6-3-7-13-24)36-31-15-9-8-14-28(31)34-32(36)22-10-4-2-5-11-22;32-22-15-17-28-25(19-22)26-20-24(16-18-29(26)34(28)23-11-5-2-6-12-23)35-30-14-8-7-13-27(30)33-31(35)21-9-3-1-4-10-21;19-12-6-8-17-15(10-12)16-11-13(20)7-9-18(16)21(17)14-4-2-1-3-5-14;1-2-6-10(7-3-1)13-14-11-8-4-5-9-12(11)15-13;1-2;/h2-21H;1-20H;1-11H;1-9H,(H,14,15);;/q;;;;-1;+1. The molecule has 0 unspecified atom stereocenters. The van der Waals surface area contributed by atoms with Gasteiger partial charge < -0.3 is 30.5 Å². The minimum atomic E-state index is 0. The van der Waals surface area contributed by atoms with Gasteiger partial charge in [0.25, 0.3) is 0 Å². The van der Waals surface area contributed by atoms with E-state index in [0.717, 1.165) is 125 Å². The molecule has 0 atom stereocenters. The predicted octanol–water partition coefficient (Wildman–Crippen LogP) is 26.5. The van der Waals surface area contributed by atoms with E-state index in [2.05, 4.69) is 346 Å². The van der Waals surface area contributed by atoms with Crippen LogP contribution in [-0.2, 0) is 17.1 Å². The van der Waals surface area contributed by atoms with E-state index in [1.54, 1.807) is 0 Å². The SMILES string of the molecule is Brc1ccc2c(c1)c1cc(-n3c(-c4ccccc4)nc4ccccc43)ccc1n2-c1ccccc1.Brc1ccc2c(c1)c1cc(Br)ccc1n2-c1ccccc1.[C-]#N.[C-]#[N+]c1ccc2c(c1)c1cc(-n3c(-c4ccccc4)nc4ccccc43)ccc1n2-c1ccccc1.[Cu+].c1ccc(-c2nc3ccccc3[nH]2)cc1. The second kappa shape index (κ2) is 31.5. The van der Waals surface area contributed by atoms with Gasteiger partial charge in [-0.25, -0.2) is 19.8 Å². The summed E-state index contributed by atoms with van der Waals surface area (Å²) in [4.78, 5) is 21.5. The molecular formula is C95H61Br3CuN11. The van der Waals surface area contributed by atoms with Gasteiger partial charge in [0, 0.05) is 85.5 Å². The molecule has 0 bridgehead atoms. The summed E-state index contributed by atoms with van der Waals surface area (Å²) in [6.45, 7) is 12.3. The number of aromatic nitrogens is 9. The number of halogens is 3. The summed E-state index contributed by atoms with van der Waals surface area (Å²) in [5.41, 5.74) is 22.7. The Kier molecular flexibility index (Phi) is 20.4. The summed E-state index contributed by atoms with van der Waals surface area (Å²) in [6, 6.07) is 126. The van der Waals surface area contributed by atoms with Crippen LogP contribution in [0.4, 0.5) is 5.69 Å². The van der Waals surface area contributed by atoms with Crippen LogP contribution in [0.1, 0.15) is 0 Å². The Morgan fingerprint density at radius 2 is 0.582 bits per heavy atom. The normalized spacial score (nSPS) is 11.0. The van der Waals surface area contributed by atoms with Crippen LogP contribution in [0.3, 0.4) is 0 Å². The molecule has 15 heteroatoms. The number of H-pyrrole nitrogens is 1. The van der Waals surface area contributed by atoms with Gasteiger partial charge in [0.15, 0.2) is 5.69 Å². The monoisotopic (exact) mass is 1660 g/mol. The van der Waals surface area contributed by atoms with Crippen molar-refractivity contribution in [2.45, 2.75) is 0 Å². The molecule has 15 aromatic carbocycles. The molecule has 0 amide bonds. The Balaban J connectivity index is 0.000000116. The van der Waals surface area contributed by atoms with Crippen molar-refractivity contribution >= 4 is 152 Å². The summed E-state index contributed by atoms with van der Waals surface area (Å²) in [5, 5.41) is 13.3. The molecule has 0 aliphatic carbocycles. The third-order valence-corrected chi connectivity index (χ3v) is 20.9. The molecule has 6 aromatic heterocycles. The zero-order valence-electron chi connectivity index (χ0n) is 58.5. The molecule has 6 heterocycles. The average molecular weight is 1660 g/mol. The minimum Gasteiger partial charge on any atom is -0.512 e. The van der Waals surface area contributed by atoms with Crippen LogP contribution in [0.25, 0.3) is 166 Å². The summed E-state index contributed by atoms with van der Waals surface area (Å²) >= 11 is 10.9. The zero-order valence-corrected chi connectivity index (χ0v) is 64.2. The van der Waals surface area contributed by atoms with Gasteiger partial charge in [-0.05, 0) is 181 Å². The molecule has 11 nitrogen and oxygen atoms in total. The Labute approximate surface area is 669 Å². The van der Waals surface area contributed by atoms with Gasteiger partial charge in [-0.2, -0.15) is 0 Å². The number of nitrogens with one attached hydrogen (secondary N) is 1. The third-order valence-electron chi connectivity index (χ3n) is 19.4. The van der Waals surface area contributed by atoms with Gasteiger partial charge in [0.1, 0.15) is 17.5 Å². The van der Waals surface area contributed by atoms with Gasteiger partial charge in [0.05, 0.1) is 72.8 Å². The second-order valence-electron chi connectivity index (χ2n) is 25.9. The van der Waals surface area contributed by atoms with Crippen LogP contribution in [0.2, 0.25) is 0 Å². The molecule has 0 saturated carbocycles. The molecule has 0 fully saturated rings. The van der Waals surface area contributed by atoms with Crippen molar-refractivity contribution in [1.82, 2.24) is 42.8 Å². The molecule has 0 aliphatic heterocycles. The topological polar surface area (TPSA) is 107 Å². The Bertz CT molecular complexity index is 6890. The predicted molar refractivity (Wildman–Crippen MR) is 458 cm³/mol. The summed E-state index contributed by atoms with van der Waals surface area (Å²) in [7, 11) is 0. The number of para-hydroxylation sites is 9. The van der Waals surface area contributed by atoms with Crippen molar-refractivity contribution in [2.75, 3.05) is 0 Å². The van der Waals surface area contributed by atoms with Gasteiger partial charge in [-0.1, -0.05) is 236 Å². The van der Waals surface area contributed by atoms with E-state index in [0.29, 0.717) is 5.69 Å². The maximum atomic E-state index is 7.57. The number of hydrogen-bond donors (Lipinski definition) is 1. The van der Waals surface area contributed by atoms with Crippen molar-refractivity contribution in [3.63, 3.8) is 0 Å². The van der Waals surface area contributed by atoms with Crippen LogP contribution in [-0.4, -0.2) is 42.8 Å². The molecule has 0 radical (unpaired) electrons. The fourth-order valence-electron chi connectivity index (χ4n) is 14.7. The first kappa shape index (κ1) is 71.3.